The summed E-state index contributed by atoms with van der Waals surface area (Å²) in [6, 6.07) is 8.68. The van der Waals surface area contributed by atoms with Gasteiger partial charge in [0.25, 0.3) is 11.8 Å². The topological polar surface area (TPSA) is 95.9 Å². The number of aromatic hydroxyl groups is 1. The average Bonchev–Trinajstić information content (AvgIpc) is 2.61. The van der Waals surface area contributed by atoms with Gasteiger partial charge in [0.15, 0.2) is 0 Å². The van der Waals surface area contributed by atoms with E-state index in [1.165, 1.54) is 25.3 Å². The number of barbiturate groups is 1. The van der Waals surface area contributed by atoms with E-state index in [1.807, 2.05) is 0 Å². The minimum Gasteiger partial charge on any atom is -0.507 e. The summed E-state index contributed by atoms with van der Waals surface area (Å²) < 4.78 is 5.81. The van der Waals surface area contributed by atoms with Crippen molar-refractivity contribution in [3.05, 3.63) is 57.6 Å². The lowest BCUT2D eigenvalue weighted by molar-refractivity contribution is -0.122. The lowest BCUT2D eigenvalue weighted by Crippen LogP contribution is -2.54. The van der Waals surface area contributed by atoms with Crippen molar-refractivity contribution in [1.29, 1.82) is 0 Å². The number of hydrogen-bond donors (Lipinski definition) is 2. The summed E-state index contributed by atoms with van der Waals surface area (Å²) in [7, 11) is 1.45. The molecule has 1 aliphatic rings. The van der Waals surface area contributed by atoms with E-state index in [1.54, 1.807) is 31.2 Å². The van der Waals surface area contributed by atoms with E-state index in [0.717, 1.165) is 9.37 Å². The van der Waals surface area contributed by atoms with E-state index in [2.05, 4.69) is 21.2 Å². The maximum Gasteiger partial charge on any atom is 0.335 e. The first-order valence-electron chi connectivity index (χ1n) is 7.86. The third-order valence-corrected chi connectivity index (χ3v) is 4.53. The number of halogens is 1. The summed E-state index contributed by atoms with van der Waals surface area (Å²) in [6.45, 7) is 1.75. The van der Waals surface area contributed by atoms with Crippen molar-refractivity contribution < 1.29 is 24.2 Å². The Morgan fingerprint density at radius 1 is 1.15 bits per heavy atom. The summed E-state index contributed by atoms with van der Waals surface area (Å²) >= 11 is 3.33. The van der Waals surface area contributed by atoms with E-state index in [-0.39, 0.29) is 16.9 Å². The number of ether oxygens (including phenoxy) is 1. The molecule has 0 spiro atoms. The Hall–Kier alpha value is -3.13. The number of carbonyl (C=O) groups is 3. The van der Waals surface area contributed by atoms with Gasteiger partial charge in [0.1, 0.15) is 17.1 Å². The van der Waals surface area contributed by atoms with E-state index < -0.39 is 17.8 Å². The third kappa shape index (κ3) is 3.56. The molecule has 0 atom stereocenters. The van der Waals surface area contributed by atoms with E-state index >= 15 is 0 Å². The molecule has 8 heteroatoms. The van der Waals surface area contributed by atoms with Crippen LogP contribution in [0.1, 0.15) is 11.1 Å². The first-order valence-corrected chi connectivity index (χ1v) is 8.65. The standard InChI is InChI=1S/C19H15BrN2O5/c1-10-7-12(20)4-6-15(10)22-18(25)14(17(24)21-19(22)26)8-11-3-5-13(27-2)9-16(11)23/h3-9,23H,1-2H3,(H,21,24,26)/b14-8-. The van der Waals surface area contributed by atoms with Crippen LogP contribution in [0.3, 0.4) is 0 Å². The molecule has 2 aromatic carbocycles. The molecule has 1 heterocycles. The van der Waals surface area contributed by atoms with Crippen molar-refractivity contribution in [3.63, 3.8) is 0 Å². The molecule has 3 rings (SSSR count). The zero-order valence-electron chi connectivity index (χ0n) is 14.4. The van der Waals surface area contributed by atoms with Crippen molar-refractivity contribution in [2.45, 2.75) is 6.92 Å². The van der Waals surface area contributed by atoms with Crippen LogP contribution in [0, 0.1) is 6.92 Å². The predicted molar refractivity (Wildman–Crippen MR) is 103 cm³/mol. The summed E-state index contributed by atoms with van der Waals surface area (Å²) in [4.78, 5) is 38.3. The largest absolute Gasteiger partial charge is 0.507 e. The Labute approximate surface area is 163 Å². The molecule has 4 amide bonds. The number of nitrogens with zero attached hydrogens (tertiary/aromatic N) is 1. The van der Waals surface area contributed by atoms with Gasteiger partial charge in [0.2, 0.25) is 0 Å². The van der Waals surface area contributed by atoms with Gasteiger partial charge >= 0.3 is 6.03 Å². The molecule has 1 fully saturated rings. The maximum absolute atomic E-state index is 12.9. The van der Waals surface area contributed by atoms with Crippen molar-refractivity contribution >= 4 is 45.5 Å². The number of amides is 4. The number of aryl methyl sites for hydroxylation is 1. The van der Waals surface area contributed by atoms with Gasteiger partial charge in [-0.15, -0.1) is 0 Å². The number of phenolic OH excluding ortho intramolecular Hbond substituents is 1. The SMILES string of the molecule is COc1ccc(/C=C2/C(=O)NC(=O)N(c3ccc(Br)cc3C)C2=O)c(O)c1. The molecular formula is C19H15BrN2O5. The molecule has 0 unspecified atom stereocenters. The first kappa shape index (κ1) is 18.7. The summed E-state index contributed by atoms with van der Waals surface area (Å²) in [5.74, 6) is -1.34. The monoisotopic (exact) mass is 430 g/mol. The summed E-state index contributed by atoms with van der Waals surface area (Å²) in [6.07, 6.45) is 1.24. The zero-order chi connectivity index (χ0) is 19.7. The molecule has 1 saturated heterocycles. The number of carbonyl (C=O) groups excluding carboxylic acids is 3. The predicted octanol–water partition coefficient (Wildman–Crippen LogP) is 3.14. The molecule has 0 radical (unpaired) electrons. The van der Waals surface area contributed by atoms with E-state index in [4.69, 9.17) is 4.74 Å². The fraction of sp³-hybridized carbons (Fsp3) is 0.105. The van der Waals surface area contributed by atoms with Crippen LogP contribution in [0.4, 0.5) is 10.5 Å². The number of methoxy groups -OCH3 is 1. The van der Waals surface area contributed by atoms with Gasteiger partial charge in [0.05, 0.1) is 12.8 Å². The van der Waals surface area contributed by atoms with Crippen LogP contribution in [-0.2, 0) is 9.59 Å². The maximum atomic E-state index is 12.9. The van der Waals surface area contributed by atoms with E-state index in [9.17, 15) is 19.5 Å². The molecule has 27 heavy (non-hydrogen) atoms. The molecule has 7 nitrogen and oxygen atoms in total. The summed E-state index contributed by atoms with van der Waals surface area (Å²) in [5.41, 5.74) is 1.01. The fourth-order valence-corrected chi connectivity index (χ4v) is 3.15. The molecular weight excluding hydrogens is 416 g/mol. The Morgan fingerprint density at radius 2 is 1.89 bits per heavy atom. The fourth-order valence-electron chi connectivity index (χ4n) is 2.67. The lowest BCUT2D eigenvalue weighted by atomic mass is 10.0. The lowest BCUT2D eigenvalue weighted by Gasteiger charge is -2.27. The highest BCUT2D eigenvalue weighted by molar-refractivity contribution is 9.10. The minimum atomic E-state index is -0.828. The molecule has 0 bridgehead atoms. The van der Waals surface area contributed by atoms with Crippen molar-refractivity contribution in [2.75, 3.05) is 12.0 Å². The number of benzene rings is 2. The number of anilines is 1. The van der Waals surface area contributed by atoms with Gasteiger partial charge in [0, 0.05) is 16.1 Å². The molecule has 1 aliphatic heterocycles. The average molecular weight is 431 g/mol. The highest BCUT2D eigenvalue weighted by Gasteiger charge is 2.37. The quantitative estimate of drug-likeness (QED) is 0.575. The van der Waals surface area contributed by atoms with Crippen LogP contribution < -0.4 is 15.0 Å². The minimum absolute atomic E-state index is 0.161. The van der Waals surface area contributed by atoms with Gasteiger partial charge in [-0.3, -0.25) is 14.9 Å². The van der Waals surface area contributed by atoms with Gasteiger partial charge in [-0.2, -0.15) is 0 Å². The zero-order valence-corrected chi connectivity index (χ0v) is 16.0. The highest BCUT2D eigenvalue weighted by atomic mass is 79.9. The Morgan fingerprint density at radius 3 is 2.52 bits per heavy atom. The third-order valence-electron chi connectivity index (χ3n) is 4.04. The number of urea groups is 1. The van der Waals surface area contributed by atoms with Gasteiger partial charge in [-0.05, 0) is 48.9 Å². The number of phenols is 1. The second-order valence-electron chi connectivity index (χ2n) is 5.81. The van der Waals surface area contributed by atoms with Crippen molar-refractivity contribution in [1.82, 2.24) is 5.32 Å². The number of rotatable bonds is 3. The Kier molecular flexibility index (Phi) is 5.00. The second-order valence-corrected chi connectivity index (χ2v) is 6.73. The molecule has 0 aliphatic carbocycles. The van der Waals surface area contributed by atoms with Crippen LogP contribution >= 0.6 is 15.9 Å². The van der Waals surface area contributed by atoms with Crippen LogP contribution in [0.15, 0.2) is 46.4 Å². The normalized spacial score (nSPS) is 15.9. The van der Waals surface area contributed by atoms with Gasteiger partial charge < -0.3 is 9.84 Å². The Balaban J connectivity index is 2.05. The number of imide groups is 2. The number of hydrogen-bond acceptors (Lipinski definition) is 5. The molecule has 0 saturated carbocycles. The van der Waals surface area contributed by atoms with Crippen LogP contribution in [-0.4, -0.2) is 30.1 Å². The van der Waals surface area contributed by atoms with Crippen molar-refractivity contribution in [2.24, 2.45) is 0 Å². The smallest absolute Gasteiger partial charge is 0.335 e. The van der Waals surface area contributed by atoms with E-state index in [0.29, 0.717) is 17.0 Å². The first-order chi connectivity index (χ1) is 12.8. The van der Waals surface area contributed by atoms with Crippen LogP contribution in [0.25, 0.3) is 6.08 Å². The molecule has 2 N–H and O–H groups in total. The molecule has 2 aromatic rings. The molecule has 0 aromatic heterocycles. The second kappa shape index (κ2) is 7.24. The summed E-state index contributed by atoms with van der Waals surface area (Å²) in [5, 5.41) is 12.2. The van der Waals surface area contributed by atoms with Gasteiger partial charge in [-0.25, -0.2) is 9.69 Å². The van der Waals surface area contributed by atoms with Crippen LogP contribution in [0.5, 0.6) is 11.5 Å². The van der Waals surface area contributed by atoms with Crippen molar-refractivity contribution in [3.8, 4) is 11.5 Å². The number of nitrogens with one attached hydrogen (secondary N) is 1. The highest BCUT2D eigenvalue weighted by Crippen LogP contribution is 2.29. The van der Waals surface area contributed by atoms with Gasteiger partial charge in [-0.1, -0.05) is 15.9 Å². The Bertz CT molecular complexity index is 1000. The van der Waals surface area contributed by atoms with Crippen LogP contribution in [0.2, 0.25) is 0 Å². The molecule has 138 valence electrons.